The molecule has 0 aliphatic heterocycles. The molecule has 1 aliphatic rings. The van der Waals surface area contributed by atoms with Crippen LogP contribution >= 0.6 is 0 Å². The number of amides is 2. The first-order chi connectivity index (χ1) is 13.6. The van der Waals surface area contributed by atoms with E-state index in [4.69, 9.17) is 4.74 Å². The molecule has 0 saturated carbocycles. The molecule has 2 N–H and O–H groups in total. The molecule has 0 bridgehead atoms. The summed E-state index contributed by atoms with van der Waals surface area (Å²) in [7, 11) is 1.61. The van der Waals surface area contributed by atoms with Crippen LogP contribution in [0, 0.1) is 0 Å². The summed E-state index contributed by atoms with van der Waals surface area (Å²) < 4.78 is 5.18. The Morgan fingerprint density at radius 1 is 1.14 bits per heavy atom. The van der Waals surface area contributed by atoms with Gasteiger partial charge in [-0.05, 0) is 48.1 Å². The summed E-state index contributed by atoms with van der Waals surface area (Å²) in [5.41, 5.74) is 3.62. The van der Waals surface area contributed by atoms with Crippen molar-refractivity contribution in [2.45, 2.75) is 44.6 Å². The Morgan fingerprint density at radius 3 is 2.61 bits per heavy atom. The molecule has 148 valence electrons. The summed E-state index contributed by atoms with van der Waals surface area (Å²) in [6.07, 6.45) is 3.56. The van der Waals surface area contributed by atoms with Crippen LogP contribution in [0.4, 0.5) is 0 Å². The number of methoxy groups -OCH3 is 1. The minimum atomic E-state index is -0.359. The van der Waals surface area contributed by atoms with Crippen molar-refractivity contribution in [1.29, 1.82) is 0 Å². The second-order valence-electron chi connectivity index (χ2n) is 7.32. The molecule has 0 aromatic heterocycles. The Kier molecular flexibility index (Phi) is 6.69. The lowest BCUT2D eigenvalue weighted by Gasteiger charge is -2.26. The topological polar surface area (TPSA) is 67.4 Å². The second-order valence-corrected chi connectivity index (χ2v) is 7.32. The molecule has 2 aromatic carbocycles. The van der Waals surface area contributed by atoms with E-state index in [0.717, 1.165) is 30.6 Å². The minimum absolute atomic E-state index is 0.0578. The molecule has 2 atom stereocenters. The van der Waals surface area contributed by atoms with Crippen LogP contribution in [0.2, 0.25) is 0 Å². The molecule has 28 heavy (non-hydrogen) atoms. The molecule has 0 fully saturated rings. The lowest BCUT2D eigenvalue weighted by atomic mass is 9.83. The Morgan fingerprint density at radius 2 is 1.89 bits per heavy atom. The smallest absolute Gasteiger partial charge is 0.222 e. The standard InChI is InChI=1S/C23H28N2O3/c1-16(26)25-22(18-10-12-20(28-2)13-11-18)14-23(27)24-15-19-8-5-7-17-6-3-4-9-21(17)19/h3-4,6,9-13,19,22H,5,7-8,14-15H2,1-2H3,(H,24,27)(H,25,26). The van der Waals surface area contributed by atoms with E-state index in [2.05, 4.69) is 34.9 Å². The summed E-state index contributed by atoms with van der Waals surface area (Å²) in [5.74, 6) is 0.882. The third kappa shape index (κ3) is 5.12. The summed E-state index contributed by atoms with van der Waals surface area (Å²) in [5, 5.41) is 5.95. The molecule has 5 heteroatoms. The predicted octanol–water partition coefficient (Wildman–Crippen LogP) is 3.50. The number of ether oxygens (including phenoxy) is 1. The van der Waals surface area contributed by atoms with Crippen molar-refractivity contribution in [3.8, 4) is 5.75 Å². The van der Waals surface area contributed by atoms with Gasteiger partial charge in [-0.1, -0.05) is 36.4 Å². The molecule has 5 nitrogen and oxygen atoms in total. The van der Waals surface area contributed by atoms with Gasteiger partial charge in [0, 0.05) is 19.4 Å². The minimum Gasteiger partial charge on any atom is -0.497 e. The molecule has 2 aromatic rings. The summed E-state index contributed by atoms with van der Waals surface area (Å²) in [4.78, 5) is 24.2. The van der Waals surface area contributed by atoms with Crippen LogP contribution in [-0.4, -0.2) is 25.5 Å². The molecular formula is C23H28N2O3. The van der Waals surface area contributed by atoms with Crippen LogP contribution in [0.1, 0.15) is 54.8 Å². The molecular weight excluding hydrogens is 352 g/mol. The van der Waals surface area contributed by atoms with Gasteiger partial charge in [-0.25, -0.2) is 0 Å². The van der Waals surface area contributed by atoms with E-state index >= 15 is 0 Å². The highest BCUT2D eigenvalue weighted by Gasteiger charge is 2.22. The zero-order valence-corrected chi connectivity index (χ0v) is 16.5. The number of aryl methyl sites for hydroxylation is 1. The van der Waals surface area contributed by atoms with Gasteiger partial charge in [-0.3, -0.25) is 9.59 Å². The maximum atomic E-state index is 12.6. The number of fused-ring (bicyclic) bond motifs is 1. The molecule has 2 amide bonds. The van der Waals surface area contributed by atoms with Crippen molar-refractivity contribution in [3.63, 3.8) is 0 Å². The summed E-state index contributed by atoms with van der Waals surface area (Å²) in [6, 6.07) is 15.6. The molecule has 0 heterocycles. The van der Waals surface area contributed by atoms with Crippen molar-refractivity contribution in [3.05, 3.63) is 65.2 Å². The maximum Gasteiger partial charge on any atom is 0.222 e. The van der Waals surface area contributed by atoms with Crippen LogP contribution in [0.5, 0.6) is 5.75 Å². The highest BCUT2D eigenvalue weighted by Crippen LogP contribution is 2.31. The van der Waals surface area contributed by atoms with E-state index in [1.165, 1.54) is 18.1 Å². The predicted molar refractivity (Wildman–Crippen MR) is 109 cm³/mol. The number of hydrogen-bond donors (Lipinski definition) is 2. The third-order valence-corrected chi connectivity index (χ3v) is 5.32. The first kappa shape index (κ1) is 19.9. The fourth-order valence-electron chi connectivity index (χ4n) is 3.89. The molecule has 2 unspecified atom stereocenters. The lowest BCUT2D eigenvalue weighted by molar-refractivity contribution is -0.122. The number of benzene rings is 2. The quantitative estimate of drug-likeness (QED) is 0.773. The van der Waals surface area contributed by atoms with E-state index in [1.807, 2.05) is 24.3 Å². The number of hydrogen-bond acceptors (Lipinski definition) is 3. The summed E-state index contributed by atoms with van der Waals surface area (Å²) in [6.45, 7) is 2.10. The second kappa shape index (κ2) is 9.40. The van der Waals surface area contributed by atoms with Crippen molar-refractivity contribution in [2.24, 2.45) is 0 Å². The van der Waals surface area contributed by atoms with Gasteiger partial charge in [-0.2, -0.15) is 0 Å². The van der Waals surface area contributed by atoms with Crippen molar-refractivity contribution >= 4 is 11.8 Å². The molecule has 0 saturated heterocycles. The Balaban J connectivity index is 1.61. The van der Waals surface area contributed by atoms with Gasteiger partial charge in [-0.15, -0.1) is 0 Å². The number of rotatable bonds is 7. The van der Waals surface area contributed by atoms with Crippen molar-refractivity contribution < 1.29 is 14.3 Å². The van der Waals surface area contributed by atoms with E-state index < -0.39 is 0 Å². The Bertz CT molecular complexity index is 817. The largest absolute Gasteiger partial charge is 0.497 e. The van der Waals surface area contributed by atoms with Gasteiger partial charge in [0.25, 0.3) is 0 Å². The number of carbonyl (C=O) groups is 2. The zero-order chi connectivity index (χ0) is 19.9. The first-order valence-corrected chi connectivity index (χ1v) is 9.82. The lowest BCUT2D eigenvalue weighted by Crippen LogP contribution is -2.34. The average molecular weight is 380 g/mol. The zero-order valence-electron chi connectivity index (χ0n) is 16.5. The third-order valence-electron chi connectivity index (χ3n) is 5.32. The summed E-state index contributed by atoms with van der Waals surface area (Å²) >= 11 is 0. The van der Waals surface area contributed by atoms with E-state index in [-0.39, 0.29) is 24.3 Å². The SMILES string of the molecule is COc1ccc(C(CC(=O)NCC2CCCc3ccccc32)NC(C)=O)cc1. The number of nitrogens with one attached hydrogen (secondary N) is 2. The average Bonchev–Trinajstić information content (AvgIpc) is 2.71. The van der Waals surface area contributed by atoms with E-state index in [0.29, 0.717) is 12.5 Å². The normalized spacial score (nSPS) is 16.6. The first-order valence-electron chi connectivity index (χ1n) is 9.82. The van der Waals surface area contributed by atoms with E-state index in [1.54, 1.807) is 7.11 Å². The van der Waals surface area contributed by atoms with Gasteiger partial charge in [0.15, 0.2) is 0 Å². The molecule has 0 radical (unpaired) electrons. The Labute approximate surface area is 166 Å². The van der Waals surface area contributed by atoms with Crippen LogP contribution < -0.4 is 15.4 Å². The molecule has 0 spiro atoms. The molecule has 1 aliphatic carbocycles. The van der Waals surface area contributed by atoms with Crippen LogP contribution in [-0.2, 0) is 16.0 Å². The maximum absolute atomic E-state index is 12.6. The van der Waals surface area contributed by atoms with Crippen molar-refractivity contribution in [2.75, 3.05) is 13.7 Å². The van der Waals surface area contributed by atoms with Gasteiger partial charge in [0.05, 0.1) is 19.6 Å². The monoisotopic (exact) mass is 380 g/mol. The van der Waals surface area contributed by atoms with Gasteiger partial charge in [0.2, 0.25) is 11.8 Å². The van der Waals surface area contributed by atoms with Crippen LogP contribution in [0.3, 0.4) is 0 Å². The van der Waals surface area contributed by atoms with Crippen molar-refractivity contribution in [1.82, 2.24) is 10.6 Å². The van der Waals surface area contributed by atoms with Crippen LogP contribution in [0.15, 0.2) is 48.5 Å². The highest BCUT2D eigenvalue weighted by atomic mass is 16.5. The van der Waals surface area contributed by atoms with Crippen LogP contribution in [0.25, 0.3) is 0 Å². The van der Waals surface area contributed by atoms with Gasteiger partial charge >= 0.3 is 0 Å². The Hall–Kier alpha value is -2.82. The van der Waals surface area contributed by atoms with Gasteiger partial charge in [0.1, 0.15) is 5.75 Å². The number of carbonyl (C=O) groups excluding carboxylic acids is 2. The van der Waals surface area contributed by atoms with E-state index in [9.17, 15) is 9.59 Å². The molecule has 3 rings (SSSR count). The fourth-order valence-corrected chi connectivity index (χ4v) is 3.89. The highest BCUT2D eigenvalue weighted by molar-refractivity contribution is 5.79. The van der Waals surface area contributed by atoms with Gasteiger partial charge < -0.3 is 15.4 Å². The fraction of sp³-hybridized carbons (Fsp3) is 0.391.